The van der Waals surface area contributed by atoms with Crippen LogP contribution >= 0.6 is 0 Å². The highest BCUT2D eigenvalue weighted by Gasteiger charge is 2.08. The van der Waals surface area contributed by atoms with Crippen molar-refractivity contribution in [2.45, 2.75) is 6.61 Å². The van der Waals surface area contributed by atoms with Crippen molar-refractivity contribution in [2.24, 2.45) is 0 Å². The van der Waals surface area contributed by atoms with Gasteiger partial charge in [0.05, 0.1) is 6.26 Å². The zero-order valence-corrected chi connectivity index (χ0v) is 11.4. The number of ether oxygens (including phenoxy) is 1. The van der Waals surface area contributed by atoms with Gasteiger partial charge in [-0.1, -0.05) is 30.3 Å². The van der Waals surface area contributed by atoms with Crippen LogP contribution in [0.3, 0.4) is 0 Å². The van der Waals surface area contributed by atoms with Crippen LogP contribution in [0.2, 0.25) is 0 Å². The molecule has 1 aromatic heterocycles. The first-order valence-corrected chi connectivity index (χ1v) is 6.68. The molecule has 1 heterocycles. The summed E-state index contributed by atoms with van der Waals surface area (Å²) >= 11 is 0. The third kappa shape index (κ3) is 3.20. The molecule has 0 fully saturated rings. The van der Waals surface area contributed by atoms with E-state index in [2.05, 4.69) is 0 Å². The lowest BCUT2D eigenvalue weighted by Crippen LogP contribution is -2.01. The Bertz CT molecular complexity index is 698. The van der Waals surface area contributed by atoms with Gasteiger partial charge in [-0.05, 0) is 36.4 Å². The van der Waals surface area contributed by atoms with Gasteiger partial charge in [0.1, 0.15) is 18.1 Å². The highest BCUT2D eigenvalue weighted by molar-refractivity contribution is 6.08. The van der Waals surface area contributed by atoms with Crippen LogP contribution in [0.4, 0.5) is 0 Å². The molecule has 0 aliphatic rings. The van der Waals surface area contributed by atoms with Crippen molar-refractivity contribution >= 4 is 5.78 Å². The molecule has 0 N–H and O–H groups in total. The second kappa shape index (κ2) is 6.09. The van der Waals surface area contributed by atoms with Gasteiger partial charge in [-0.3, -0.25) is 4.79 Å². The number of hydrogen-bond acceptors (Lipinski definition) is 3. The van der Waals surface area contributed by atoms with Crippen molar-refractivity contribution in [2.75, 3.05) is 0 Å². The summed E-state index contributed by atoms with van der Waals surface area (Å²) in [7, 11) is 0. The lowest BCUT2D eigenvalue weighted by molar-refractivity contribution is 0.103. The van der Waals surface area contributed by atoms with Crippen LogP contribution in [0.25, 0.3) is 0 Å². The fourth-order valence-corrected chi connectivity index (χ4v) is 2.01. The van der Waals surface area contributed by atoms with E-state index in [1.807, 2.05) is 42.5 Å². The van der Waals surface area contributed by atoms with Gasteiger partial charge < -0.3 is 9.15 Å². The summed E-state index contributed by atoms with van der Waals surface area (Å²) in [6.45, 7) is 0.374. The molecule has 21 heavy (non-hydrogen) atoms. The highest BCUT2D eigenvalue weighted by Crippen LogP contribution is 2.16. The van der Waals surface area contributed by atoms with Crippen molar-refractivity contribution in [1.29, 1.82) is 0 Å². The fraction of sp³-hybridized carbons (Fsp3) is 0.0556. The predicted molar refractivity (Wildman–Crippen MR) is 79.4 cm³/mol. The van der Waals surface area contributed by atoms with Crippen molar-refractivity contribution in [3.05, 3.63) is 89.9 Å². The standard InChI is InChI=1S/C18H14O3/c19-18(14-5-2-1-3-6-14)15-8-10-16(11-9-15)21-13-17-7-4-12-20-17/h1-12H,13H2. The van der Waals surface area contributed by atoms with Gasteiger partial charge >= 0.3 is 0 Å². The van der Waals surface area contributed by atoms with Gasteiger partial charge in [0.15, 0.2) is 5.78 Å². The van der Waals surface area contributed by atoms with Crippen molar-refractivity contribution in [3.63, 3.8) is 0 Å². The highest BCUT2D eigenvalue weighted by atomic mass is 16.5. The number of furan rings is 1. The number of ketones is 1. The predicted octanol–water partition coefficient (Wildman–Crippen LogP) is 4.09. The summed E-state index contributed by atoms with van der Waals surface area (Å²) in [6, 6.07) is 20.0. The molecule has 0 amide bonds. The second-order valence-electron chi connectivity index (χ2n) is 4.59. The molecule has 0 saturated heterocycles. The smallest absolute Gasteiger partial charge is 0.193 e. The molecule has 3 nitrogen and oxygen atoms in total. The molecule has 3 heteroatoms. The zero-order valence-electron chi connectivity index (χ0n) is 11.4. The van der Waals surface area contributed by atoms with Gasteiger partial charge in [0.2, 0.25) is 0 Å². The van der Waals surface area contributed by atoms with Crippen LogP contribution < -0.4 is 4.74 Å². The molecule has 3 aromatic rings. The summed E-state index contributed by atoms with van der Waals surface area (Å²) in [4.78, 5) is 12.2. The minimum absolute atomic E-state index is 0.00758. The first kappa shape index (κ1) is 13.2. The molecule has 0 spiro atoms. The third-order valence-electron chi connectivity index (χ3n) is 3.11. The summed E-state index contributed by atoms with van der Waals surface area (Å²) < 4.78 is 10.8. The number of carbonyl (C=O) groups excluding carboxylic acids is 1. The average molecular weight is 278 g/mol. The first-order valence-electron chi connectivity index (χ1n) is 6.68. The largest absolute Gasteiger partial charge is 0.486 e. The molecule has 0 saturated carbocycles. The Kier molecular flexibility index (Phi) is 3.83. The molecule has 0 aliphatic heterocycles. The molecule has 0 unspecified atom stereocenters. The number of hydrogen-bond donors (Lipinski definition) is 0. The molecule has 0 aliphatic carbocycles. The molecule has 0 atom stereocenters. The van der Waals surface area contributed by atoms with E-state index in [1.54, 1.807) is 30.5 Å². The van der Waals surface area contributed by atoms with E-state index in [-0.39, 0.29) is 5.78 Å². The molecule has 3 rings (SSSR count). The number of rotatable bonds is 5. The van der Waals surface area contributed by atoms with Crippen LogP contribution in [0.15, 0.2) is 77.4 Å². The number of benzene rings is 2. The van der Waals surface area contributed by atoms with Crippen LogP contribution in [0.1, 0.15) is 21.7 Å². The Labute approximate surface area is 122 Å². The molecular formula is C18H14O3. The Morgan fingerprint density at radius 3 is 2.24 bits per heavy atom. The molecule has 104 valence electrons. The summed E-state index contributed by atoms with van der Waals surface area (Å²) in [6.07, 6.45) is 1.61. The van der Waals surface area contributed by atoms with Gasteiger partial charge in [0.25, 0.3) is 0 Å². The Morgan fingerprint density at radius 1 is 0.857 bits per heavy atom. The van der Waals surface area contributed by atoms with Crippen molar-refractivity contribution in [3.8, 4) is 5.75 Å². The maximum Gasteiger partial charge on any atom is 0.193 e. The fourth-order valence-electron chi connectivity index (χ4n) is 2.01. The maximum absolute atomic E-state index is 12.2. The van der Waals surface area contributed by atoms with E-state index in [0.29, 0.717) is 23.5 Å². The minimum Gasteiger partial charge on any atom is -0.486 e. The van der Waals surface area contributed by atoms with E-state index >= 15 is 0 Å². The molecule has 2 aromatic carbocycles. The first-order chi connectivity index (χ1) is 10.3. The summed E-state index contributed by atoms with van der Waals surface area (Å²) in [5.41, 5.74) is 1.33. The zero-order chi connectivity index (χ0) is 14.5. The lowest BCUT2D eigenvalue weighted by atomic mass is 10.0. The Hall–Kier alpha value is -2.81. The van der Waals surface area contributed by atoms with E-state index in [9.17, 15) is 4.79 Å². The quantitative estimate of drug-likeness (QED) is 0.660. The monoisotopic (exact) mass is 278 g/mol. The van der Waals surface area contributed by atoms with E-state index in [4.69, 9.17) is 9.15 Å². The summed E-state index contributed by atoms with van der Waals surface area (Å²) in [5.74, 6) is 1.48. The van der Waals surface area contributed by atoms with Crippen LogP contribution in [-0.4, -0.2) is 5.78 Å². The van der Waals surface area contributed by atoms with Gasteiger partial charge in [-0.25, -0.2) is 0 Å². The van der Waals surface area contributed by atoms with E-state index < -0.39 is 0 Å². The molecule has 0 bridgehead atoms. The molecular weight excluding hydrogens is 264 g/mol. The summed E-state index contributed by atoms with van der Waals surface area (Å²) in [5, 5.41) is 0. The normalized spacial score (nSPS) is 10.3. The molecule has 0 radical (unpaired) electrons. The van der Waals surface area contributed by atoms with Crippen LogP contribution in [0.5, 0.6) is 5.75 Å². The van der Waals surface area contributed by atoms with Gasteiger partial charge in [-0.2, -0.15) is 0 Å². The topological polar surface area (TPSA) is 39.4 Å². The van der Waals surface area contributed by atoms with Gasteiger partial charge in [0, 0.05) is 11.1 Å². The lowest BCUT2D eigenvalue weighted by Gasteiger charge is -2.05. The Morgan fingerprint density at radius 2 is 1.57 bits per heavy atom. The second-order valence-corrected chi connectivity index (χ2v) is 4.59. The van der Waals surface area contributed by atoms with Gasteiger partial charge in [-0.15, -0.1) is 0 Å². The Balaban J connectivity index is 1.68. The third-order valence-corrected chi connectivity index (χ3v) is 3.11. The number of carbonyl (C=O) groups is 1. The van der Waals surface area contributed by atoms with E-state index in [1.165, 1.54) is 0 Å². The van der Waals surface area contributed by atoms with Crippen molar-refractivity contribution < 1.29 is 13.9 Å². The SMILES string of the molecule is O=C(c1ccccc1)c1ccc(OCc2ccco2)cc1. The van der Waals surface area contributed by atoms with Crippen LogP contribution in [-0.2, 0) is 6.61 Å². The average Bonchev–Trinajstić information content (AvgIpc) is 3.07. The van der Waals surface area contributed by atoms with E-state index in [0.717, 1.165) is 5.76 Å². The van der Waals surface area contributed by atoms with Crippen molar-refractivity contribution in [1.82, 2.24) is 0 Å². The van der Waals surface area contributed by atoms with Crippen LogP contribution in [0, 0.1) is 0 Å². The minimum atomic E-state index is 0.00758. The maximum atomic E-state index is 12.2.